The molecule has 1 aromatic heterocycles. The molecular weight excluding hydrogens is 302 g/mol. The molecule has 0 fully saturated rings. The number of amides is 1. The fourth-order valence-electron chi connectivity index (χ4n) is 2.55. The van der Waals surface area contributed by atoms with Crippen molar-refractivity contribution in [1.82, 2.24) is 4.90 Å². The Morgan fingerprint density at radius 2 is 2.19 bits per heavy atom. The number of hydrogen-bond donors (Lipinski definition) is 1. The van der Waals surface area contributed by atoms with Crippen molar-refractivity contribution in [3.8, 4) is 0 Å². The molecule has 21 heavy (non-hydrogen) atoms. The lowest BCUT2D eigenvalue weighted by Crippen LogP contribution is -2.37. The Hall–Kier alpha value is -1.30. The van der Waals surface area contributed by atoms with E-state index in [0.717, 1.165) is 21.8 Å². The topological polar surface area (TPSA) is 40.5 Å². The lowest BCUT2D eigenvalue weighted by molar-refractivity contribution is 0.0554. The molecule has 2 heterocycles. The van der Waals surface area contributed by atoms with Crippen molar-refractivity contribution in [3.05, 3.63) is 52.4 Å². The number of rotatable bonds is 3. The molecule has 1 aromatic carbocycles. The van der Waals surface area contributed by atoms with Gasteiger partial charge in [-0.2, -0.15) is 0 Å². The Bertz CT molecular complexity index is 653. The third-order valence-corrected chi connectivity index (χ3v) is 5.72. The molecule has 0 saturated carbocycles. The van der Waals surface area contributed by atoms with Crippen LogP contribution in [0.1, 0.15) is 33.8 Å². The van der Waals surface area contributed by atoms with E-state index in [9.17, 15) is 9.90 Å². The van der Waals surface area contributed by atoms with E-state index >= 15 is 0 Å². The normalized spacial score (nSPS) is 17.6. The Morgan fingerprint density at radius 3 is 3.00 bits per heavy atom. The van der Waals surface area contributed by atoms with Crippen LogP contribution in [0.4, 0.5) is 0 Å². The number of carbonyl (C=O) groups excluding carboxylic acids is 1. The Morgan fingerprint density at radius 1 is 1.38 bits per heavy atom. The van der Waals surface area contributed by atoms with Crippen LogP contribution in [0.25, 0.3) is 0 Å². The Labute approximate surface area is 132 Å². The second-order valence-corrected chi connectivity index (χ2v) is 7.60. The second-order valence-electron chi connectivity index (χ2n) is 4.95. The maximum atomic E-state index is 12.6. The van der Waals surface area contributed by atoms with E-state index in [-0.39, 0.29) is 5.91 Å². The van der Waals surface area contributed by atoms with E-state index in [4.69, 9.17) is 0 Å². The molecule has 1 atom stereocenters. The summed E-state index contributed by atoms with van der Waals surface area (Å²) < 4.78 is 1.17. The summed E-state index contributed by atoms with van der Waals surface area (Å²) in [6.45, 7) is 3.04. The van der Waals surface area contributed by atoms with Crippen molar-refractivity contribution in [3.63, 3.8) is 0 Å². The fourth-order valence-corrected chi connectivity index (χ4v) is 4.56. The first kappa shape index (κ1) is 14.6. The van der Waals surface area contributed by atoms with Crippen molar-refractivity contribution in [1.29, 1.82) is 0 Å². The van der Waals surface area contributed by atoms with Gasteiger partial charge in [0.05, 0.1) is 21.7 Å². The van der Waals surface area contributed by atoms with Gasteiger partial charge in [-0.1, -0.05) is 31.2 Å². The van der Waals surface area contributed by atoms with Crippen LogP contribution in [-0.4, -0.2) is 28.2 Å². The minimum atomic E-state index is -0.594. The highest BCUT2D eigenvalue weighted by molar-refractivity contribution is 8.01. The third kappa shape index (κ3) is 3.00. The van der Waals surface area contributed by atoms with Crippen molar-refractivity contribution in [2.45, 2.75) is 23.8 Å². The average molecular weight is 319 g/mol. The molecule has 0 aliphatic carbocycles. The van der Waals surface area contributed by atoms with Crippen LogP contribution >= 0.6 is 23.1 Å². The maximum absolute atomic E-state index is 12.6. The van der Waals surface area contributed by atoms with Gasteiger partial charge in [0.1, 0.15) is 0 Å². The number of β-amino-alcohol motifs (C(OH)–C–C–N with tert-alkyl or cyclic N) is 1. The first-order valence-electron chi connectivity index (χ1n) is 6.97. The molecule has 3 nitrogen and oxygen atoms in total. The van der Waals surface area contributed by atoms with Crippen LogP contribution in [0.15, 0.2) is 40.6 Å². The Kier molecular flexibility index (Phi) is 4.33. The number of nitrogens with zero attached hydrogens (tertiary/aromatic N) is 1. The van der Waals surface area contributed by atoms with E-state index in [1.54, 1.807) is 16.7 Å². The van der Waals surface area contributed by atoms with E-state index in [1.807, 2.05) is 36.4 Å². The lowest BCUT2D eigenvalue weighted by atomic mass is 9.97. The van der Waals surface area contributed by atoms with Gasteiger partial charge < -0.3 is 10.0 Å². The number of benzene rings is 1. The van der Waals surface area contributed by atoms with E-state index in [0.29, 0.717) is 13.1 Å². The molecule has 1 N–H and O–H groups in total. The lowest BCUT2D eigenvalue weighted by Gasteiger charge is -2.31. The van der Waals surface area contributed by atoms with Crippen LogP contribution in [0.3, 0.4) is 0 Å². The first-order chi connectivity index (χ1) is 10.2. The van der Waals surface area contributed by atoms with Gasteiger partial charge in [-0.25, -0.2) is 0 Å². The molecule has 2 aromatic rings. The summed E-state index contributed by atoms with van der Waals surface area (Å²) >= 11 is 3.28. The van der Waals surface area contributed by atoms with Crippen molar-refractivity contribution in [2.75, 3.05) is 12.3 Å². The average Bonchev–Trinajstić information content (AvgIpc) is 2.95. The quantitative estimate of drug-likeness (QED) is 0.880. The van der Waals surface area contributed by atoms with Crippen LogP contribution in [0.5, 0.6) is 0 Å². The minimum Gasteiger partial charge on any atom is -0.387 e. The molecule has 1 aliphatic heterocycles. The standard InChI is InChI=1S/C16H17NO2S2/c1-2-20-15-8-7-14(21-15)16(19)17-9-11-5-3-4-6-12(11)13(18)10-17/h3-8,13,18H,2,9-10H2,1H3. The van der Waals surface area contributed by atoms with E-state index in [2.05, 4.69) is 6.92 Å². The number of thiophene rings is 1. The molecule has 0 radical (unpaired) electrons. The maximum Gasteiger partial charge on any atom is 0.264 e. The molecule has 0 bridgehead atoms. The monoisotopic (exact) mass is 319 g/mol. The largest absolute Gasteiger partial charge is 0.387 e. The zero-order valence-electron chi connectivity index (χ0n) is 11.8. The van der Waals surface area contributed by atoms with Gasteiger partial charge in [0.15, 0.2) is 0 Å². The summed E-state index contributed by atoms with van der Waals surface area (Å²) in [5.41, 5.74) is 1.97. The Balaban J connectivity index is 1.80. The fraction of sp³-hybridized carbons (Fsp3) is 0.312. The summed E-state index contributed by atoms with van der Waals surface area (Å²) in [4.78, 5) is 15.1. The van der Waals surface area contributed by atoms with Crippen molar-refractivity contribution < 1.29 is 9.90 Å². The van der Waals surface area contributed by atoms with E-state index in [1.165, 1.54) is 15.5 Å². The molecule has 3 rings (SSSR count). The molecule has 5 heteroatoms. The number of fused-ring (bicyclic) bond motifs is 1. The van der Waals surface area contributed by atoms with Gasteiger partial charge >= 0.3 is 0 Å². The predicted molar refractivity (Wildman–Crippen MR) is 86.9 cm³/mol. The summed E-state index contributed by atoms with van der Waals surface area (Å²) in [5, 5.41) is 10.2. The van der Waals surface area contributed by atoms with Gasteiger partial charge in [0.25, 0.3) is 5.91 Å². The summed E-state index contributed by atoms with van der Waals surface area (Å²) in [7, 11) is 0. The second kappa shape index (κ2) is 6.22. The van der Waals surface area contributed by atoms with E-state index < -0.39 is 6.10 Å². The summed E-state index contributed by atoms with van der Waals surface area (Å²) in [6.07, 6.45) is -0.594. The van der Waals surface area contributed by atoms with Crippen molar-refractivity contribution >= 4 is 29.0 Å². The van der Waals surface area contributed by atoms with Gasteiger partial charge in [0, 0.05) is 6.54 Å². The zero-order chi connectivity index (χ0) is 14.8. The van der Waals surface area contributed by atoms with Crippen LogP contribution < -0.4 is 0 Å². The smallest absolute Gasteiger partial charge is 0.264 e. The molecule has 1 unspecified atom stereocenters. The van der Waals surface area contributed by atoms with Gasteiger partial charge in [-0.3, -0.25) is 4.79 Å². The van der Waals surface area contributed by atoms with Crippen LogP contribution in [0.2, 0.25) is 0 Å². The number of aliphatic hydroxyl groups excluding tert-OH is 1. The molecule has 1 aliphatic rings. The number of thioether (sulfide) groups is 1. The number of hydrogen-bond acceptors (Lipinski definition) is 4. The predicted octanol–water partition coefficient (Wildman–Crippen LogP) is 3.55. The zero-order valence-corrected chi connectivity index (χ0v) is 13.4. The molecular formula is C16H17NO2S2. The molecule has 1 amide bonds. The van der Waals surface area contributed by atoms with Crippen LogP contribution in [-0.2, 0) is 6.54 Å². The highest BCUT2D eigenvalue weighted by Gasteiger charge is 2.27. The van der Waals surface area contributed by atoms with Gasteiger partial charge in [0.2, 0.25) is 0 Å². The van der Waals surface area contributed by atoms with Crippen LogP contribution in [0, 0.1) is 0 Å². The summed E-state index contributed by atoms with van der Waals surface area (Å²) in [6, 6.07) is 11.7. The molecule has 110 valence electrons. The molecule has 0 saturated heterocycles. The minimum absolute atomic E-state index is 0.0107. The van der Waals surface area contributed by atoms with Gasteiger partial charge in [-0.05, 0) is 29.0 Å². The number of carbonyl (C=O) groups is 1. The van der Waals surface area contributed by atoms with Gasteiger partial charge in [-0.15, -0.1) is 23.1 Å². The first-order valence-corrected chi connectivity index (χ1v) is 8.77. The number of aliphatic hydroxyl groups is 1. The third-order valence-electron chi connectivity index (χ3n) is 3.53. The summed E-state index contributed by atoms with van der Waals surface area (Å²) in [5.74, 6) is 1.01. The highest BCUT2D eigenvalue weighted by Crippen LogP contribution is 2.31. The SMILES string of the molecule is CCSc1ccc(C(=O)N2Cc3ccccc3C(O)C2)s1. The van der Waals surface area contributed by atoms with Crippen molar-refractivity contribution in [2.24, 2.45) is 0 Å². The highest BCUT2D eigenvalue weighted by atomic mass is 32.2. The molecule has 0 spiro atoms.